The normalized spacial score (nSPS) is 11.6. The summed E-state index contributed by atoms with van der Waals surface area (Å²) in [5, 5.41) is 0. The fourth-order valence-corrected chi connectivity index (χ4v) is 1.00. The van der Waals surface area contributed by atoms with Gasteiger partial charge in [0.2, 0.25) is 0 Å². The van der Waals surface area contributed by atoms with E-state index in [9.17, 15) is 26.7 Å². The van der Waals surface area contributed by atoms with Gasteiger partial charge in [-0.25, -0.2) is 13.2 Å². The minimum absolute atomic E-state index is 0.179. The van der Waals surface area contributed by atoms with E-state index in [4.69, 9.17) is 0 Å². The summed E-state index contributed by atoms with van der Waals surface area (Å²) in [7, 11) is 0. The van der Waals surface area contributed by atoms with Gasteiger partial charge in [-0.2, -0.15) is 8.78 Å². The van der Waals surface area contributed by atoms with Crippen LogP contribution in [0.5, 0.6) is 5.75 Å². The van der Waals surface area contributed by atoms with E-state index in [1.807, 2.05) is 0 Å². The fourth-order valence-electron chi connectivity index (χ4n) is 1.00. The van der Waals surface area contributed by atoms with Crippen LogP contribution >= 0.6 is 0 Å². The maximum atomic E-state index is 13.1. The molecule has 17 heavy (non-hydrogen) atoms. The first-order valence-electron chi connectivity index (χ1n) is 4.41. The molecule has 0 bridgehead atoms. The van der Waals surface area contributed by atoms with Crippen molar-refractivity contribution in [1.82, 2.24) is 0 Å². The Morgan fingerprint density at radius 1 is 1.35 bits per heavy atom. The Kier molecular flexibility index (Phi) is 4.03. The number of para-hydroxylation sites is 1. The van der Waals surface area contributed by atoms with Gasteiger partial charge in [-0.3, -0.25) is 4.79 Å². The SMILES string of the molecule is O=Cc1cccc(F)c1OCC(F)(F)C(F)F. The van der Waals surface area contributed by atoms with Crippen LogP contribution in [-0.2, 0) is 0 Å². The minimum atomic E-state index is -4.40. The summed E-state index contributed by atoms with van der Waals surface area (Å²) >= 11 is 0. The molecule has 7 heteroatoms. The highest BCUT2D eigenvalue weighted by molar-refractivity contribution is 5.79. The third kappa shape index (κ3) is 3.15. The highest BCUT2D eigenvalue weighted by Crippen LogP contribution is 2.27. The minimum Gasteiger partial charge on any atom is -0.483 e. The monoisotopic (exact) mass is 254 g/mol. The number of halogens is 5. The van der Waals surface area contributed by atoms with E-state index in [-0.39, 0.29) is 11.8 Å². The van der Waals surface area contributed by atoms with Crippen LogP contribution in [0.1, 0.15) is 10.4 Å². The molecule has 0 atom stereocenters. The first-order chi connectivity index (χ1) is 7.88. The Hall–Kier alpha value is -1.66. The van der Waals surface area contributed by atoms with Crippen LogP contribution in [0.4, 0.5) is 22.0 Å². The second kappa shape index (κ2) is 5.11. The van der Waals surface area contributed by atoms with Crippen molar-refractivity contribution in [2.75, 3.05) is 6.61 Å². The molecule has 0 spiro atoms. The summed E-state index contributed by atoms with van der Waals surface area (Å²) < 4.78 is 66.0. The number of hydrogen-bond donors (Lipinski definition) is 0. The maximum Gasteiger partial charge on any atom is 0.340 e. The molecule has 2 nitrogen and oxygen atoms in total. The number of aldehydes is 1. The smallest absolute Gasteiger partial charge is 0.340 e. The lowest BCUT2D eigenvalue weighted by atomic mass is 10.2. The molecule has 0 unspecified atom stereocenters. The lowest BCUT2D eigenvalue weighted by molar-refractivity contribution is -0.148. The fraction of sp³-hybridized carbons (Fsp3) is 0.300. The van der Waals surface area contributed by atoms with Gasteiger partial charge in [-0.1, -0.05) is 6.07 Å². The number of ether oxygens (including phenoxy) is 1. The molecule has 0 aliphatic rings. The number of benzene rings is 1. The molecular formula is C10H7F5O2. The lowest BCUT2D eigenvalue weighted by Gasteiger charge is -2.16. The third-order valence-corrected chi connectivity index (χ3v) is 1.85. The van der Waals surface area contributed by atoms with Crippen molar-refractivity contribution >= 4 is 6.29 Å². The summed E-state index contributed by atoms with van der Waals surface area (Å²) in [6, 6.07) is 3.14. The molecule has 0 fully saturated rings. The van der Waals surface area contributed by atoms with Crippen LogP contribution in [-0.4, -0.2) is 25.2 Å². The first-order valence-corrected chi connectivity index (χ1v) is 4.41. The van der Waals surface area contributed by atoms with Gasteiger partial charge in [0.25, 0.3) is 0 Å². The Bertz CT molecular complexity index is 406. The highest BCUT2D eigenvalue weighted by atomic mass is 19.3. The second-order valence-electron chi connectivity index (χ2n) is 3.13. The van der Waals surface area contributed by atoms with Gasteiger partial charge in [0.1, 0.15) is 0 Å². The van der Waals surface area contributed by atoms with Crippen LogP contribution in [0, 0.1) is 5.82 Å². The molecule has 0 aliphatic carbocycles. The summed E-state index contributed by atoms with van der Waals surface area (Å²) in [6.45, 7) is -1.70. The Labute approximate surface area is 93.0 Å². The first kappa shape index (κ1) is 13.4. The van der Waals surface area contributed by atoms with Gasteiger partial charge in [0.15, 0.2) is 24.5 Å². The van der Waals surface area contributed by atoms with E-state index in [1.54, 1.807) is 0 Å². The van der Waals surface area contributed by atoms with E-state index in [2.05, 4.69) is 4.74 Å². The molecular weight excluding hydrogens is 247 g/mol. The maximum absolute atomic E-state index is 13.1. The number of rotatable bonds is 5. The molecule has 0 aromatic heterocycles. The highest BCUT2D eigenvalue weighted by Gasteiger charge is 2.42. The topological polar surface area (TPSA) is 26.3 Å². The Balaban J connectivity index is 2.86. The predicted molar refractivity (Wildman–Crippen MR) is 48.2 cm³/mol. The summed E-state index contributed by atoms with van der Waals surface area (Å²) in [5.41, 5.74) is -0.324. The largest absolute Gasteiger partial charge is 0.483 e. The van der Waals surface area contributed by atoms with Crippen molar-refractivity contribution in [2.24, 2.45) is 0 Å². The zero-order valence-corrected chi connectivity index (χ0v) is 8.30. The van der Waals surface area contributed by atoms with Crippen molar-refractivity contribution < 1.29 is 31.5 Å². The van der Waals surface area contributed by atoms with E-state index < -0.39 is 30.5 Å². The summed E-state index contributed by atoms with van der Waals surface area (Å²) in [5.74, 6) is -6.23. The zero-order chi connectivity index (χ0) is 13.1. The van der Waals surface area contributed by atoms with Crippen molar-refractivity contribution in [3.63, 3.8) is 0 Å². The van der Waals surface area contributed by atoms with Crippen LogP contribution in [0.25, 0.3) is 0 Å². The molecule has 0 saturated carbocycles. The number of alkyl halides is 4. The molecule has 1 aromatic rings. The van der Waals surface area contributed by atoms with Crippen LogP contribution in [0.3, 0.4) is 0 Å². The predicted octanol–water partition coefficient (Wildman–Crippen LogP) is 2.92. The van der Waals surface area contributed by atoms with Gasteiger partial charge in [0, 0.05) is 0 Å². The Morgan fingerprint density at radius 3 is 2.53 bits per heavy atom. The van der Waals surface area contributed by atoms with E-state index in [0.717, 1.165) is 18.2 Å². The average molecular weight is 254 g/mol. The van der Waals surface area contributed by atoms with Gasteiger partial charge in [-0.15, -0.1) is 0 Å². The average Bonchev–Trinajstić information content (AvgIpc) is 2.26. The van der Waals surface area contributed by atoms with E-state index in [1.165, 1.54) is 0 Å². The van der Waals surface area contributed by atoms with Crippen LogP contribution in [0.15, 0.2) is 18.2 Å². The molecule has 0 N–H and O–H groups in total. The van der Waals surface area contributed by atoms with Crippen molar-refractivity contribution in [3.05, 3.63) is 29.6 Å². The van der Waals surface area contributed by atoms with Gasteiger partial charge in [0.05, 0.1) is 5.56 Å². The molecule has 0 saturated heterocycles. The second-order valence-corrected chi connectivity index (χ2v) is 3.13. The molecule has 1 aromatic carbocycles. The number of carbonyl (C=O) groups excluding carboxylic acids is 1. The molecule has 1 rings (SSSR count). The van der Waals surface area contributed by atoms with Crippen molar-refractivity contribution in [2.45, 2.75) is 12.3 Å². The zero-order valence-electron chi connectivity index (χ0n) is 8.30. The van der Waals surface area contributed by atoms with Gasteiger partial charge >= 0.3 is 12.3 Å². The van der Waals surface area contributed by atoms with E-state index in [0.29, 0.717) is 0 Å². The Morgan fingerprint density at radius 2 is 2.00 bits per heavy atom. The standard InChI is InChI=1S/C10H7F5O2/c11-7-3-1-2-6(4-16)8(7)17-5-10(14,15)9(12)13/h1-4,9H,5H2. The van der Waals surface area contributed by atoms with Crippen molar-refractivity contribution in [1.29, 1.82) is 0 Å². The van der Waals surface area contributed by atoms with Gasteiger partial charge < -0.3 is 4.74 Å². The van der Waals surface area contributed by atoms with Gasteiger partial charge in [-0.05, 0) is 12.1 Å². The third-order valence-electron chi connectivity index (χ3n) is 1.85. The van der Waals surface area contributed by atoms with E-state index >= 15 is 0 Å². The molecule has 0 amide bonds. The number of hydrogen-bond acceptors (Lipinski definition) is 2. The quantitative estimate of drug-likeness (QED) is 0.596. The summed E-state index contributed by atoms with van der Waals surface area (Å²) in [4.78, 5) is 10.5. The molecule has 0 radical (unpaired) electrons. The molecule has 0 aliphatic heterocycles. The summed E-state index contributed by atoms with van der Waals surface area (Å²) in [6.07, 6.45) is -3.74. The molecule has 0 heterocycles. The lowest BCUT2D eigenvalue weighted by Crippen LogP contribution is -2.34. The van der Waals surface area contributed by atoms with Crippen LogP contribution < -0.4 is 4.74 Å². The number of carbonyl (C=O) groups is 1. The van der Waals surface area contributed by atoms with Crippen LogP contribution in [0.2, 0.25) is 0 Å². The molecule has 94 valence electrons. The van der Waals surface area contributed by atoms with Crippen molar-refractivity contribution in [3.8, 4) is 5.75 Å².